The topological polar surface area (TPSA) is 125 Å². The highest BCUT2D eigenvalue weighted by atomic mass is 32.2. The van der Waals surface area contributed by atoms with E-state index in [1.54, 1.807) is 18.3 Å². The van der Waals surface area contributed by atoms with Crippen LogP contribution in [0.15, 0.2) is 48.5 Å². The van der Waals surface area contributed by atoms with E-state index in [2.05, 4.69) is 27.8 Å². The number of carbonyl (C=O) groups excluding carboxylic acids is 2. The molecule has 0 unspecified atom stereocenters. The summed E-state index contributed by atoms with van der Waals surface area (Å²) in [6.45, 7) is 7.27. The van der Waals surface area contributed by atoms with E-state index in [1.807, 2.05) is 29.7 Å². The number of pyridine rings is 1. The van der Waals surface area contributed by atoms with Gasteiger partial charge in [0.1, 0.15) is 0 Å². The smallest absolute Gasteiger partial charge is 0.224 e. The van der Waals surface area contributed by atoms with Gasteiger partial charge in [-0.05, 0) is 68.8 Å². The van der Waals surface area contributed by atoms with Crippen LogP contribution in [0.4, 0.5) is 0 Å². The third-order valence-corrected chi connectivity index (χ3v) is 8.06. The minimum absolute atomic E-state index is 0.00298. The third kappa shape index (κ3) is 6.18. The number of fused-ring (bicyclic) bond motifs is 1. The monoisotopic (exact) mass is 533 g/mol. The number of piperidine rings is 1. The summed E-state index contributed by atoms with van der Waals surface area (Å²) in [6.07, 6.45) is 4.95. The molecule has 1 saturated heterocycles. The number of nitrogens with one attached hydrogen (secondary N) is 1. The third-order valence-electron chi connectivity index (χ3n) is 6.78. The molecule has 3 heterocycles. The standard InChI is InChI=1S/C28H31N5O4S/c1-3-38(36,37)14-11-30-26(35)16-22-15-24-28(31-18-22)27(25(34)19-32-12-5-4-6-13-32)20(2)33(24)23-9-7-21(17-29)8-10-23/h3,7-10,15,18H,1,4-6,11-14,16,19H2,2H3,(H,30,35). The number of aromatic nitrogens is 2. The van der Waals surface area contributed by atoms with Gasteiger partial charge in [0.15, 0.2) is 15.6 Å². The first kappa shape index (κ1) is 27.2. The van der Waals surface area contributed by atoms with Crippen molar-refractivity contribution in [3.05, 3.63) is 70.9 Å². The summed E-state index contributed by atoms with van der Waals surface area (Å²) in [7, 11) is -3.40. The highest BCUT2D eigenvalue weighted by Crippen LogP contribution is 2.30. The van der Waals surface area contributed by atoms with Crippen molar-refractivity contribution in [2.45, 2.75) is 32.6 Å². The van der Waals surface area contributed by atoms with Gasteiger partial charge in [0, 0.05) is 29.5 Å². The second-order valence-electron chi connectivity index (χ2n) is 9.49. The van der Waals surface area contributed by atoms with E-state index in [-0.39, 0.29) is 30.4 Å². The number of rotatable bonds is 10. The molecule has 0 radical (unpaired) electrons. The van der Waals surface area contributed by atoms with E-state index in [4.69, 9.17) is 0 Å². The average Bonchev–Trinajstić information content (AvgIpc) is 3.20. The Bertz CT molecular complexity index is 1510. The summed E-state index contributed by atoms with van der Waals surface area (Å²) >= 11 is 0. The molecule has 0 atom stereocenters. The first-order chi connectivity index (χ1) is 18.2. The van der Waals surface area contributed by atoms with Crippen LogP contribution >= 0.6 is 0 Å². The molecule has 2 aromatic heterocycles. The van der Waals surface area contributed by atoms with E-state index in [0.717, 1.165) is 42.7 Å². The van der Waals surface area contributed by atoms with Gasteiger partial charge < -0.3 is 9.88 Å². The van der Waals surface area contributed by atoms with E-state index in [9.17, 15) is 23.3 Å². The van der Waals surface area contributed by atoms with Crippen LogP contribution in [0.1, 0.15) is 46.4 Å². The molecule has 1 aliphatic heterocycles. The normalized spacial score (nSPS) is 14.2. The highest BCUT2D eigenvalue weighted by Gasteiger charge is 2.25. The summed E-state index contributed by atoms with van der Waals surface area (Å²) in [5.41, 5.74) is 4.49. The number of nitriles is 1. The number of hydrogen-bond donors (Lipinski definition) is 1. The molecule has 1 fully saturated rings. The fraction of sp³-hybridized carbons (Fsp3) is 0.357. The zero-order valence-electron chi connectivity index (χ0n) is 21.4. The minimum Gasteiger partial charge on any atom is -0.355 e. The molecule has 1 N–H and O–H groups in total. The molecule has 0 saturated carbocycles. The Kier molecular flexibility index (Phi) is 8.39. The Labute approximate surface area is 222 Å². The summed E-state index contributed by atoms with van der Waals surface area (Å²) in [6, 6.07) is 11.0. The summed E-state index contributed by atoms with van der Waals surface area (Å²) in [5.74, 6) is -0.550. The first-order valence-electron chi connectivity index (χ1n) is 12.6. The molecule has 198 valence electrons. The predicted octanol–water partition coefficient (Wildman–Crippen LogP) is 3.09. The van der Waals surface area contributed by atoms with Gasteiger partial charge >= 0.3 is 0 Å². The lowest BCUT2D eigenvalue weighted by Gasteiger charge is -2.25. The molecule has 1 aliphatic rings. The number of amides is 1. The maximum atomic E-state index is 13.5. The molecule has 1 aromatic carbocycles. The SMILES string of the molecule is C=CS(=O)(=O)CCNC(=O)Cc1cnc2c(C(=O)CN3CCCCC3)c(C)n(-c3ccc(C#N)cc3)c2c1. The number of Topliss-reactive ketones (excluding diaryl/α,β-unsaturated/α-hetero) is 1. The van der Waals surface area contributed by atoms with Crippen molar-refractivity contribution >= 4 is 32.6 Å². The van der Waals surface area contributed by atoms with Gasteiger partial charge in [-0.25, -0.2) is 8.42 Å². The molecule has 38 heavy (non-hydrogen) atoms. The van der Waals surface area contributed by atoms with Crippen LogP contribution < -0.4 is 5.32 Å². The Balaban J connectivity index is 1.67. The lowest BCUT2D eigenvalue weighted by Crippen LogP contribution is -2.34. The molecule has 10 heteroatoms. The fourth-order valence-electron chi connectivity index (χ4n) is 4.83. The molecule has 1 amide bonds. The van der Waals surface area contributed by atoms with Crippen molar-refractivity contribution in [1.29, 1.82) is 5.26 Å². The number of nitrogens with zero attached hydrogens (tertiary/aromatic N) is 4. The number of ketones is 1. The van der Waals surface area contributed by atoms with Crippen molar-refractivity contribution in [3.63, 3.8) is 0 Å². The lowest BCUT2D eigenvalue weighted by molar-refractivity contribution is -0.120. The summed E-state index contributed by atoms with van der Waals surface area (Å²) in [4.78, 5) is 32.8. The summed E-state index contributed by atoms with van der Waals surface area (Å²) < 4.78 is 25.1. The Hall–Kier alpha value is -3.81. The highest BCUT2D eigenvalue weighted by molar-refractivity contribution is 7.94. The maximum absolute atomic E-state index is 13.5. The van der Waals surface area contributed by atoms with Crippen molar-refractivity contribution < 1.29 is 18.0 Å². The van der Waals surface area contributed by atoms with Crippen molar-refractivity contribution in [1.82, 2.24) is 19.8 Å². The molecule has 0 spiro atoms. The van der Waals surface area contributed by atoms with Crippen LogP contribution in [0.5, 0.6) is 0 Å². The van der Waals surface area contributed by atoms with Gasteiger partial charge in [0.2, 0.25) is 5.91 Å². The molecular weight excluding hydrogens is 502 g/mol. The van der Waals surface area contributed by atoms with Gasteiger partial charge in [-0.2, -0.15) is 5.26 Å². The zero-order valence-corrected chi connectivity index (χ0v) is 22.3. The Morgan fingerprint density at radius 1 is 1.18 bits per heavy atom. The quantitative estimate of drug-likeness (QED) is 0.397. The van der Waals surface area contributed by atoms with Gasteiger partial charge in [0.25, 0.3) is 0 Å². The number of hydrogen-bond acceptors (Lipinski definition) is 7. The first-order valence-corrected chi connectivity index (χ1v) is 14.3. The maximum Gasteiger partial charge on any atom is 0.224 e. The van der Waals surface area contributed by atoms with Crippen molar-refractivity contribution in [2.75, 3.05) is 31.9 Å². The second-order valence-corrected chi connectivity index (χ2v) is 11.6. The molecule has 4 rings (SSSR count). The van der Waals surface area contributed by atoms with Gasteiger partial charge in [-0.1, -0.05) is 13.0 Å². The van der Waals surface area contributed by atoms with Crippen LogP contribution in [-0.4, -0.2) is 66.5 Å². The van der Waals surface area contributed by atoms with E-state index >= 15 is 0 Å². The van der Waals surface area contributed by atoms with Crippen LogP contribution in [-0.2, 0) is 21.1 Å². The fourth-order valence-corrected chi connectivity index (χ4v) is 5.39. The van der Waals surface area contributed by atoms with Crippen LogP contribution in [0.3, 0.4) is 0 Å². The lowest BCUT2D eigenvalue weighted by atomic mass is 10.1. The number of benzene rings is 1. The zero-order chi connectivity index (χ0) is 27.3. The number of likely N-dealkylation sites (tertiary alicyclic amines) is 1. The van der Waals surface area contributed by atoms with E-state index in [0.29, 0.717) is 34.3 Å². The number of sulfone groups is 1. The molecule has 3 aromatic rings. The van der Waals surface area contributed by atoms with Gasteiger partial charge in [0.05, 0.1) is 46.9 Å². The molecule has 0 bridgehead atoms. The van der Waals surface area contributed by atoms with Crippen LogP contribution in [0.25, 0.3) is 16.7 Å². The summed E-state index contributed by atoms with van der Waals surface area (Å²) in [5, 5.41) is 12.7. The molecular formula is C28H31N5O4S. The van der Waals surface area contributed by atoms with Crippen LogP contribution in [0.2, 0.25) is 0 Å². The van der Waals surface area contributed by atoms with E-state index < -0.39 is 9.84 Å². The minimum atomic E-state index is -3.40. The average molecular weight is 534 g/mol. The predicted molar refractivity (Wildman–Crippen MR) is 146 cm³/mol. The Morgan fingerprint density at radius 3 is 2.55 bits per heavy atom. The van der Waals surface area contributed by atoms with Crippen LogP contribution in [0, 0.1) is 18.3 Å². The second kappa shape index (κ2) is 11.7. The van der Waals surface area contributed by atoms with E-state index in [1.165, 1.54) is 6.42 Å². The van der Waals surface area contributed by atoms with Gasteiger partial charge in [-0.15, -0.1) is 0 Å². The van der Waals surface area contributed by atoms with Crippen molar-refractivity contribution in [3.8, 4) is 11.8 Å². The van der Waals surface area contributed by atoms with Crippen molar-refractivity contribution in [2.24, 2.45) is 0 Å². The molecule has 0 aliphatic carbocycles. The number of carbonyl (C=O) groups is 2. The van der Waals surface area contributed by atoms with Gasteiger partial charge in [-0.3, -0.25) is 19.5 Å². The molecule has 9 nitrogen and oxygen atoms in total. The largest absolute Gasteiger partial charge is 0.355 e. The Morgan fingerprint density at radius 2 is 1.89 bits per heavy atom.